The Hall–Kier alpha value is -2.00. The molecule has 2 heterocycles. The van der Waals surface area contributed by atoms with Crippen LogP contribution in [0.5, 0.6) is 5.75 Å². The first-order chi connectivity index (χ1) is 8.84. The molecule has 18 heavy (non-hydrogen) atoms. The lowest BCUT2D eigenvalue weighted by atomic mass is 10.3. The van der Waals surface area contributed by atoms with Crippen molar-refractivity contribution in [2.24, 2.45) is 0 Å². The molecule has 0 fully saturated rings. The summed E-state index contributed by atoms with van der Waals surface area (Å²) in [7, 11) is 0. The van der Waals surface area contributed by atoms with E-state index in [4.69, 9.17) is 16.3 Å². The molecule has 3 nitrogen and oxygen atoms in total. The molecule has 0 aliphatic heterocycles. The number of ether oxygens (including phenoxy) is 1. The van der Waals surface area contributed by atoms with E-state index in [1.54, 1.807) is 0 Å². The average molecular weight is 259 g/mol. The van der Waals surface area contributed by atoms with Gasteiger partial charge in [0.15, 0.2) is 0 Å². The van der Waals surface area contributed by atoms with E-state index < -0.39 is 0 Å². The maximum Gasteiger partial charge on any atom is 0.207 e. The summed E-state index contributed by atoms with van der Waals surface area (Å²) in [6.07, 6.45) is 1.89. The number of halogens is 1. The Morgan fingerprint density at radius 3 is 2.67 bits per heavy atom. The van der Waals surface area contributed by atoms with Gasteiger partial charge in [-0.3, -0.25) is 4.40 Å². The van der Waals surface area contributed by atoms with Crippen LogP contribution >= 0.6 is 11.6 Å². The largest absolute Gasteiger partial charge is 0.487 e. The summed E-state index contributed by atoms with van der Waals surface area (Å²) in [5.74, 6) is 0.825. The van der Waals surface area contributed by atoms with Crippen LogP contribution in [0.25, 0.3) is 5.52 Å². The molecule has 0 bridgehead atoms. The number of nitrogens with zero attached hydrogens (tertiary/aromatic N) is 2. The molecule has 3 rings (SSSR count). The zero-order valence-electron chi connectivity index (χ0n) is 9.58. The Bertz CT molecular complexity index is 664. The van der Waals surface area contributed by atoms with Crippen LogP contribution in [0.1, 0.15) is 5.69 Å². The maximum absolute atomic E-state index is 6.06. The highest BCUT2D eigenvalue weighted by atomic mass is 35.5. The van der Waals surface area contributed by atoms with Crippen LogP contribution in [0.3, 0.4) is 0 Å². The fourth-order valence-corrected chi connectivity index (χ4v) is 2.09. The summed E-state index contributed by atoms with van der Waals surface area (Å²) in [5.41, 5.74) is 1.81. The number of rotatable bonds is 3. The molecular weight excluding hydrogens is 248 g/mol. The third-order valence-electron chi connectivity index (χ3n) is 2.70. The summed E-state index contributed by atoms with van der Waals surface area (Å²) in [6.45, 7) is 0.407. The zero-order chi connectivity index (χ0) is 12.4. The van der Waals surface area contributed by atoms with Crippen molar-refractivity contribution in [3.05, 3.63) is 65.7 Å². The molecule has 0 N–H and O–H groups in total. The van der Waals surface area contributed by atoms with Crippen molar-refractivity contribution < 1.29 is 4.74 Å². The van der Waals surface area contributed by atoms with E-state index in [-0.39, 0.29) is 0 Å². The van der Waals surface area contributed by atoms with Crippen molar-refractivity contribution in [2.75, 3.05) is 0 Å². The normalized spacial score (nSPS) is 10.7. The minimum Gasteiger partial charge on any atom is -0.487 e. The van der Waals surface area contributed by atoms with Crippen molar-refractivity contribution >= 4 is 17.1 Å². The Labute approximate surface area is 110 Å². The van der Waals surface area contributed by atoms with Gasteiger partial charge in [-0.1, -0.05) is 24.3 Å². The Kier molecular flexibility index (Phi) is 2.90. The number of pyridine rings is 1. The minimum atomic E-state index is 0.407. The molecule has 0 saturated carbocycles. The van der Waals surface area contributed by atoms with Crippen LogP contribution < -0.4 is 4.74 Å². The molecular formula is C14H11ClN2O. The summed E-state index contributed by atoms with van der Waals surface area (Å²) in [5, 5.41) is 0.456. The van der Waals surface area contributed by atoms with Crippen molar-refractivity contribution in [3.8, 4) is 5.75 Å². The van der Waals surface area contributed by atoms with E-state index in [1.165, 1.54) is 0 Å². The van der Waals surface area contributed by atoms with E-state index in [1.807, 2.05) is 59.1 Å². The van der Waals surface area contributed by atoms with Gasteiger partial charge >= 0.3 is 0 Å². The van der Waals surface area contributed by atoms with Gasteiger partial charge in [0, 0.05) is 6.20 Å². The maximum atomic E-state index is 6.06. The molecule has 0 unspecified atom stereocenters. The lowest BCUT2D eigenvalue weighted by Crippen LogP contribution is -1.96. The second kappa shape index (κ2) is 4.70. The number of hydrogen-bond acceptors (Lipinski definition) is 2. The fourth-order valence-electron chi connectivity index (χ4n) is 1.84. The third-order valence-corrected chi connectivity index (χ3v) is 2.97. The second-order valence-electron chi connectivity index (χ2n) is 3.89. The molecule has 90 valence electrons. The van der Waals surface area contributed by atoms with Gasteiger partial charge in [-0.05, 0) is 35.9 Å². The Morgan fingerprint density at radius 2 is 1.83 bits per heavy atom. The number of para-hydroxylation sites is 1. The highest BCUT2D eigenvalue weighted by molar-refractivity contribution is 6.28. The van der Waals surface area contributed by atoms with Crippen molar-refractivity contribution in [1.29, 1.82) is 0 Å². The van der Waals surface area contributed by atoms with Gasteiger partial charge in [0.2, 0.25) is 5.28 Å². The first kappa shape index (κ1) is 11.1. The van der Waals surface area contributed by atoms with Crippen molar-refractivity contribution in [2.45, 2.75) is 6.61 Å². The molecule has 1 aromatic carbocycles. The molecule has 4 heteroatoms. The Balaban J connectivity index is 1.87. The highest BCUT2D eigenvalue weighted by Gasteiger charge is 2.08. The van der Waals surface area contributed by atoms with Crippen LogP contribution in [-0.4, -0.2) is 9.38 Å². The molecule has 0 saturated heterocycles. The van der Waals surface area contributed by atoms with Gasteiger partial charge in [0.1, 0.15) is 18.1 Å². The lowest BCUT2D eigenvalue weighted by molar-refractivity contribution is 0.303. The number of imidazole rings is 1. The SMILES string of the molecule is Clc1nc(COc2ccccc2)c2ccccn12. The molecule has 0 aliphatic rings. The van der Waals surface area contributed by atoms with Crippen LogP contribution in [0.2, 0.25) is 5.28 Å². The summed E-state index contributed by atoms with van der Waals surface area (Å²) < 4.78 is 7.52. The highest BCUT2D eigenvalue weighted by Crippen LogP contribution is 2.18. The zero-order valence-corrected chi connectivity index (χ0v) is 10.3. The second-order valence-corrected chi connectivity index (χ2v) is 4.22. The molecule has 0 amide bonds. The smallest absolute Gasteiger partial charge is 0.207 e. The third kappa shape index (κ3) is 2.05. The van der Waals surface area contributed by atoms with Gasteiger partial charge in [0.05, 0.1) is 5.52 Å². The number of fused-ring (bicyclic) bond motifs is 1. The van der Waals surface area contributed by atoms with Crippen LogP contribution in [0.15, 0.2) is 54.7 Å². The average Bonchev–Trinajstić information content (AvgIpc) is 2.75. The van der Waals surface area contributed by atoms with Crippen LogP contribution in [-0.2, 0) is 6.61 Å². The van der Waals surface area contributed by atoms with E-state index >= 15 is 0 Å². The number of hydrogen-bond donors (Lipinski definition) is 0. The van der Waals surface area contributed by atoms with E-state index in [9.17, 15) is 0 Å². The first-order valence-electron chi connectivity index (χ1n) is 5.64. The van der Waals surface area contributed by atoms with Crippen molar-refractivity contribution in [3.63, 3.8) is 0 Å². The minimum absolute atomic E-state index is 0.407. The van der Waals surface area contributed by atoms with Crippen LogP contribution in [0.4, 0.5) is 0 Å². The van der Waals surface area contributed by atoms with E-state index in [2.05, 4.69) is 4.98 Å². The molecule has 0 spiro atoms. The Morgan fingerprint density at radius 1 is 1.06 bits per heavy atom. The van der Waals surface area contributed by atoms with Gasteiger partial charge < -0.3 is 4.74 Å². The molecule has 0 radical (unpaired) electrons. The molecule has 2 aromatic heterocycles. The summed E-state index contributed by atoms with van der Waals surface area (Å²) >= 11 is 6.06. The molecule has 0 aliphatic carbocycles. The van der Waals surface area contributed by atoms with Gasteiger partial charge in [-0.15, -0.1) is 0 Å². The number of benzene rings is 1. The topological polar surface area (TPSA) is 26.5 Å². The lowest BCUT2D eigenvalue weighted by Gasteiger charge is -2.03. The van der Waals surface area contributed by atoms with E-state index in [0.29, 0.717) is 11.9 Å². The number of aromatic nitrogens is 2. The van der Waals surface area contributed by atoms with E-state index in [0.717, 1.165) is 17.0 Å². The van der Waals surface area contributed by atoms with Crippen LogP contribution in [0, 0.1) is 0 Å². The quantitative estimate of drug-likeness (QED) is 0.718. The summed E-state index contributed by atoms with van der Waals surface area (Å²) in [4.78, 5) is 4.31. The summed E-state index contributed by atoms with van der Waals surface area (Å²) in [6, 6.07) is 15.5. The standard InChI is InChI=1S/C14H11ClN2O/c15-14-16-12(13-8-4-5-9-17(13)14)10-18-11-6-2-1-3-7-11/h1-9H,10H2. The van der Waals surface area contributed by atoms with Gasteiger partial charge in [0.25, 0.3) is 0 Å². The predicted molar refractivity (Wildman–Crippen MR) is 71.0 cm³/mol. The molecule has 3 aromatic rings. The predicted octanol–water partition coefficient (Wildman–Crippen LogP) is 3.57. The van der Waals surface area contributed by atoms with Crippen molar-refractivity contribution in [1.82, 2.24) is 9.38 Å². The van der Waals surface area contributed by atoms with Gasteiger partial charge in [-0.25, -0.2) is 4.98 Å². The molecule has 0 atom stereocenters. The first-order valence-corrected chi connectivity index (χ1v) is 6.02. The van der Waals surface area contributed by atoms with Gasteiger partial charge in [-0.2, -0.15) is 0 Å². The monoisotopic (exact) mass is 258 g/mol. The fraction of sp³-hybridized carbons (Fsp3) is 0.0714.